The van der Waals surface area contributed by atoms with Crippen LogP contribution < -0.4 is 10.1 Å². The maximum absolute atomic E-state index is 5.82. The fraction of sp³-hybridized carbons (Fsp3) is 0.435. The van der Waals surface area contributed by atoms with Gasteiger partial charge in [0, 0.05) is 36.9 Å². The third kappa shape index (κ3) is 4.94. The Kier molecular flexibility index (Phi) is 6.36. The van der Waals surface area contributed by atoms with E-state index in [9.17, 15) is 0 Å². The first-order valence-electron chi connectivity index (χ1n) is 11.1. The van der Waals surface area contributed by atoms with Gasteiger partial charge >= 0.3 is 0 Å². The average molecular weight is 453 g/mol. The first-order chi connectivity index (χ1) is 15.7. The van der Waals surface area contributed by atoms with Crippen LogP contribution in [0.25, 0.3) is 11.2 Å². The van der Waals surface area contributed by atoms with Gasteiger partial charge in [-0.05, 0) is 57.0 Å². The van der Waals surface area contributed by atoms with Gasteiger partial charge in [-0.15, -0.1) is 0 Å². The van der Waals surface area contributed by atoms with E-state index in [-0.39, 0.29) is 0 Å². The number of fused-ring (bicyclic) bond motifs is 1. The zero-order chi connectivity index (χ0) is 21.8. The summed E-state index contributed by atoms with van der Waals surface area (Å²) in [6.07, 6.45) is 6.91. The van der Waals surface area contributed by atoms with Crippen LogP contribution in [0.3, 0.4) is 0 Å². The first kappa shape index (κ1) is 21.0. The van der Waals surface area contributed by atoms with Crippen LogP contribution in [0.15, 0.2) is 46.5 Å². The summed E-state index contributed by atoms with van der Waals surface area (Å²) in [6.45, 7) is 6.29. The molecule has 1 saturated heterocycles. The molecule has 0 radical (unpaired) electrons. The van der Waals surface area contributed by atoms with Crippen LogP contribution in [-0.2, 0) is 6.54 Å². The van der Waals surface area contributed by atoms with Gasteiger partial charge in [-0.2, -0.15) is 0 Å². The van der Waals surface area contributed by atoms with Crippen molar-refractivity contribution in [3.8, 4) is 5.19 Å². The van der Waals surface area contributed by atoms with E-state index in [1.807, 2.05) is 42.8 Å². The molecule has 5 heterocycles. The Hall–Kier alpha value is -2.91. The van der Waals surface area contributed by atoms with E-state index in [1.165, 1.54) is 11.3 Å². The average Bonchev–Trinajstić information content (AvgIpc) is 3.49. The first-order valence-corrected chi connectivity index (χ1v) is 12.0. The van der Waals surface area contributed by atoms with E-state index >= 15 is 0 Å². The van der Waals surface area contributed by atoms with Crippen LogP contribution in [0.1, 0.15) is 30.8 Å². The molecule has 0 aromatic carbocycles. The summed E-state index contributed by atoms with van der Waals surface area (Å²) in [5.41, 5.74) is 1.77. The van der Waals surface area contributed by atoms with Crippen molar-refractivity contribution in [3.05, 3.63) is 53.6 Å². The maximum Gasteiger partial charge on any atom is 0.273 e. The molecular formula is C23H28N6O2S. The molecule has 1 unspecified atom stereocenters. The Labute approximate surface area is 191 Å². The standard InChI is InChI=1S/C23H28N6O2S/c1-17-6-7-19(31-17)16-29-21-20(5-2-9-24-21)27-22(29)26-18-4-3-11-28(12-8-18)13-14-30-23-25-10-15-32-23/h2,5-7,9-10,15,18H,3-4,8,11-14,16H2,1H3,(H,26,27). The number of likely N-dealkylation sites (tertiary alicyclic amines) is 1. The Morgan fingerprint density at radius 2 is 2.16 bits per heavy atom. The topological polar surface area (TPSA) is 81.2 Å². The Morgan fingerprint density at radius 3 is 3.00 bits per heavy atom. The molecule has 0 aliphatic carbocycles. The highest BCUT2D eigenvalue weighted by atomic mass is 32.1. The zero-order valence-corrected chi connectivity index (χ0v) is 19.1. The molecule has 0 bridgehead atoms. The number of imidazole rings is 1. The van der Waals surface area contributed by atoms with Gasteiger partial charge in [0.1, 0.15) is 23.6 Å². The monoisotopic (exact) mass is 452 g/mol. The van der Waals surface area contributed by atoms with Gasteiger partial charge in [-0.3, -0.25) is 9.47 Å². The summed E-state index contributed by atoms with van der Waals surface area (Å²) in [5, 5.41) is 6.40. The predicted octanol–water partition coefficient (Wildman–Crippen LogP) is 4.18. The lowest BCUT2D eigenvalue weighted by atomic mass is 10.1. The Bertz CT molecular complexity index is 1140. The second-order valence-corrected chi connectivity index (χ2v) is 9.00. The second kappa shape index (κ2) is 9.70. The molecule has 1 atom stereocenters. The van der Waals surface area contributed by atoms with Gasteiger partial charge in [0.05, 0.1) is 6.54 Å². The van der Waals surface area contributed by atoms with Crippen molar-refractivity contribution in [2.75, 3.05) is 31.6 Å². The number of anilines is 1. The van der Waals surface area contributed by atoms with Gasteiger partial charge in [0.25, 0.3) is 5.19 Å². The van der Waals surface area contributed by atoms with E-state index in [4.69, 9.17) is 14.1 Å². The largest absolute Gasteiger partial charge is 0.469 e. The van der Waals surface area contributed by atoms with Gasteiger partial charge in [-0.25, -0.2) is 15.0 Å². The number of nitrogens with zero attached hydrogens (tertiary/aromatic N) is 5. The summed E-state index contributed by atoms with van der Waals surface area (Å²) in [4.78, 5) is 16.1. The lowest BCUT2D eigenvalue weighted by Crippen LogP contribution is -2.30. The molecule has 168 valence electrons. The number of pyridine rings is 1. The van der Waals surface area contributed by atoms with Crippen LogP contribution in [0.2, 0.25) is 0 Å². The fourth-order valence-corrected chi connectivity index (χ4v) is 4.71. The molecule has 0 amide bonds. The molecule has 1 aliphatic heterocycles. The zero-order valence-electron chi connectivity index (χ0n) is 18.2. The van der Waals surface area contributed by atoms with Crippen molar-refractivity contribution >= 4 is 28.4 Å². The summed E-state index contributed by atoms with van der Waals surface area (Å²) in [6, 6.07) is 8.32. The molecule has 8 nitrogen and oxygen atoms in total. The van der Waals surface area contributed by atoms with Crippen molar-refractivity contribution < 1.29 is 9.15 Å². The number of hydrogen-bond donors (Lipinski definition) is 1. The van der Waals surface area contributed by atoms with E-state index in [0.717, 1.165) is 72.7 Å². The number of hydrogen-bond acceptors (Lipinski definition) is 8. The van der Waals surface area contributed by atoms with Crippen LogP contribution in [0.5, 0.6) is 5.19 Å². The molecule has 1 N–H and O–H groups in total. The van der Waals surface area contributed by atoms with Crippen LogP contribution in [0, 0.1) is 6.92 Å². The number of ether oxygens (including phenoxy) is 1. The smallest absolute Gasteiger partial charge is 0.273 e. The van der Waals surface area contributed by atoms with Crippen molar-refractivity contribution in [3.63, 3.8) is 0 Å². The van der Waals surface area contributed by atoms with Crippen molar-refractivity contribution in [2.24, 2.45) is 0 Å². The maximum atomic E-state index is 5.82. The van der Waals surface area contributed by atoms with E-state index < -0.39 is 0 Å². The van der Waals surface area contributed by atoms with E-state index in [2.05, 4.69) is 24.8 Å². The highest BCUT2D eigenvalue weighted by molar-refractivity contribution is 7.11. The number of furan rings is 1. The summed E-state index contributed by atoms with van der Waals surface area (Å²) < 4.78 is 13.7. The molecule has 0 spiro atoms. The highest BCUT2D eigenvalue weighted by Crippen LogP contribution is 2.23. The molecule has 32 heavy (non-hydrogen) atoms. The van der Waals surface area contributed by atoms with Crippen LogP contribution in [-0.4, -0.2) is 56.7 Å². The van der Waals surface area contributed by atoms with Gasteiger partial charge < -0.3 is 14.5 Å². The third-order valence-electron chi connectivity index (χ3n) is 5.81. The van der Waals surface area contributed by atoms with E-state index in [0.29, 0.717) is 19.2 Å². The Balaban J connectivity index is 1.23. The molecule has 1 fully saturated rings. The summed E-state index contributed by atoms with van der Waals surface area (Å²) in [7, 11) is 0. The number of aromatic nitrogens is 4. The summed E-state index contributed by atoms with van der Waals surface area (Å²) in [5.74, 6) is 2.68. The third-order valence-corrected chi connectivity index (χ3v) is 6.49. The SMILES string of the molecule is Cc1ccc(Cn2c(NC3CCCN(CCOc4nccs4)CC3)nc3cccnc32)o1. The minimum atomic E-state index is 0.369. The van der Waals surface area contributed by atoms with Crippen molar-refractivity contribution in [1.82, 2.24) is 24.4 Å². The lowest BCUT2D eigenvalue weighted by Gasteiger charge is -2.20. The molecule has 4 aromatic heterocycles. The van der Waals surface area contributed by atoms with Gasteiger partial charge in [0.2, 0.25) is 5.95 Å². The molecule has 4 aromatic rings. The van der Waals surface area contributed by atoms with Crippen LogP contribution >= 0.6 is 11.3 Å². The Morgan fingerprint density at radius 1 is 1.19 bits per heavy atom. The van der Waals surface area contributed by atoms with Crippen LogP contribution in [0.4, 0.5) is 5.95 Å². The minimum Gasteiger partial charge on any atom is -0.469 e. The van der Waals surface area contributed by atoms with Gasteiger partial charge in [0.15, 0.2) is 5.65 Å². The van der Waals surface area contributed by atoms with Crippen molar-refractivity contribution in [1.29, 1.82) is 0 Å². The summed E-state index contributed by atoms with van der Waals surface area (Å²) >= 11 is 1.54. The molecular weight excluding hydrogens is 424 g/mol. The quantitative estimate of drug-likeness (QED) is 0.429. The molecule has 0 saturated carbocycles. The number of nitrogens with one attached hydrogen (secondary N) is 1. The number of rotatable bonds is 8. The van der Waals surface area contributed by atoms with Gasteiger partial charge in [-0.1, -0.05) is 11.3 Å². The minimum absolute atomic E-state index is 0.369. The highest BCUT2D eigenvalue weighted by Gasteiger charge is 2.20. The van der Waals surface area contributed by atoms with E-state index in [1.54, 1.807) is 6.20 Å². The molecule has 5 rings (SSSR count). The normalized spacial score (nSPS) is 17.5. The predicted molar refractivity (Wildman–Crippen MR) is 125 cm³/mol. The fourth-order valence-electron chi connectivity index (χ4n) is 4.19. The molecule has 1 aliphatic rings. The number of thiazole rings is 1. The second-order valence-electron chi connectivity index (χ2n) is 8.14. The lowest BCUT2D eigenvalue weighted by molar-refractivity contribution is 0.213. The molecule has 9 heteroatoms. The van der Waals surface area contributed by atoms with Crippen molar-refractivity contribution in [2.45, 2.75) is 38.8 Å². The number of aryl methyl sites for hydroxylation is 1.